The van der Waals surface area contributed by atoms with E-state index in [2.05, 4.69) is 19.2 Å². The molecule has 0 aromatic heterocycles. The molecule has 0 heterocycles. The van der Waals surface area contributed by atoms with E-state index in [9.17, 15) is 5.11 Å². The summed E-state index contributed by atoms with van der Waals surface area (Å²) in [5, 5.41) is 13.7. The van der Waals surface area contributed by atoms with Crippen LogP contribution in [0.2, 0.25) is 0 Å². The maximum atomic E-state index is 10.3. The van der Waals surface area contributed by atoms with Crippen molar-refractivity contribution < 1.29 is 5.11 Å². The molecule has 2 N–H and O–H groups in total. The number of nitrogens with one attached hydrogen (secondary N) is 1. The molecule has 0 saturated carbocycles. The van der Waals surface area contributed by atoms with Crippen LogP contribution in [-0.4, -0.2) is 18.2 Å². The van der Waals surface area contributed by atoms with Gasteiger partial charge in [0.2, 0.25) is 0 Å². The molecule has 1 atom stereocenters. The smallest absolute Gasteiger partial charge is 0.0880 e. The van der Waals surface area contributed by atoms with Gasteiger partial charge >= 0.3 is 0 Å². The molecule has 1 aromatic rings. The first kappa shape index (κ1) is 13.2. The lowest BCUT2D eigenvalue weighted by Gasteiger charge is -2.24. The highest BCUT2D eigenvalue weighted by molar-refractivity contribution is 5.21. The molecule has 2 nitrogen and oxygen atoms in total. The monoisotopic (exact) mass is 221 g/mol. The fourth-order valence-corrected chi connectivity index (χ4v) is 1.66. The number of aliphatic hydroxyl groups is 1. The topological polar surface area (TPSA) is 32.3 Å². The summed E-state index contributed by atoms with van der Waals surface area (Å²) in [6, 6.07) is 9.85. The molecule has 0 bridgehead atoms. The third-order valence-corrected chi connectivity index (χ3v) is 2.74. The second-order valence-corrected chi connectivity index (χ2v) is 4.99. The summed E-state index contributed by atoms with van der Waals surface area (Å²) in [7, 11) is 0. The normalized spacial score (nSPS) is 15.1. The molecule has 2 heteroatoms. The Morgan fingerprint density at radius 3 is 2.44 bits per heavy atom. The molecule has 0 spiro atoms. The second kappa shape index (κ2) is 6.02. The van der Waals surface area contributed by atoms with E-state index < -0.39 is 5.60 Å². The van der Waals surface area contributed by atoms with Gasteiger partial charge in [-0.1, -0.05) is 44.2 Å². The molecular weight excluding hydrogens is 198 g/mol. The first-order valence-electron chi connectivity index (χ1n) is 6.01. The Hall–Kier alpha value is -0.860. The SMILES string of the molecule is CC(C)CNCCC(C)(O)c1ccccc1. The average Bonchev–Trinajstić information content (AvgIpc) is 2.26. The van der Waals surface area contributed by atoms with E-state index in [1.165, 1.54) is 0 Å². The van der Waals surface area contributed by atoms with Gasteiger partial charge in [-0.15, -0.1) is 0 Å². The van der Waals surface area contributed by atoms with Crippen molar-refractivity contribution in [1.29, 1.82) is 0 Å². The van der Waals surface area contributed by atoms with E-state index in [4.69, 9.17) is 0 Å². The molecule has 1 unspecified atom stereocenters. The minimum Gasteiger partial charge on any atom is -0.385 e. The average molecular weight is 221 g/mol. The molecule has 90 valence electrons. The van der Waals surface area contributed by atoms with Crippen LogP contribution in [0.15, 0.2) is 30.3 Å². The van der Waals surface area contributed by atoms with Crippen molar-refractivity contribution in [3.8, 4) is 0 Å². The summed E-state index contributed by atoms with van der Waals surface area (Å²) in [6.45, 7) is 8.09. The van der Waals surface area contributed by atoms with Crippen molar-refractivity contribution >= 4 is 0 Å². The maximum Gasteiger partial charge on any atom is 0.0880 e. The molecule has 1 rings (SSSR count). The largest absolute Gasteiger partial charge is 0.385 e. The maximum absolute atomic E-state index is 10.3. The molecule has 0 aliphatic rings. The van der Waals surface area contributed by atoms with E-state index >= 15 is 0 Å². The van der Waals surface area contributed by atoms with Crippen molar-refractivity contribution in [3.05, 3.63) is 35.9 Å². The summed E-state index contributed by atoms with van der Waals surface area (Å²) in [5.41, 5.74) is 0.256. The third-order valence-electron chi connectivity index (χ3n) is 2.74. The summed E-state index contributed by atoms with van der Waals surface area (Å²) < 4.78 is 0. The van der Waals surface area contributed by atoms with Crippen LogP contribution in [0, 0.1) is 5.92 Å². The highest BCUT2D eigenvalue weighted by atomic mass is 16.3. The van der Waals surface area contributed by atoms with E-state index in [0.29, 0.717) is 5.92 Å². The fourth-order valence-electron chi connectivity index (χ4n) is 1.66. The van der Waals surface area contributed by atoms with Gasteiger partial charge in [0.25, 0.3) is 0 Å². The Balaban J connectivity index is 2.40. The summed E-state index contributed by atoms with van der Waals surface area (Å²) in [5.74, 6) is 0.654. The van der Waals surface area contributed by atoms with Crippen LogP contribution in [-0.2, 0) is 5.60 Å². The van der Waals surface area contributed by atoms with Crippen molar-refractivity contribution in [2.24, 2.45) is 5.92 Å². The highest BCUT2D eigenvalue weighted by Gasteiger charge is 2.21. The third kappa shape index (κ3) is 4.33. The number of rotatable bonds is 6. The summed E-state index contributed by atoms with van der Waals surface area (Å²) >= 11 is 0. The molecule has 16 heavy (non-hydrogen) atoms. The first-order valence-corrected chi connectivity index (χ1v) is 6.01. The first-order chi connectivity index (χ1) is 7.52. The second-order valence-electron chi connectivity index (χ2n) is 4.99. The fraction of sp³-hybridized carbons (Fsp3) is 0.571. The van der Waals surface area contributed by atoms with Crippen LogP contribution in [0.5, 0.6) is 0 Å². The molecular formula is C14H23NO. The summed E-state index contributed by atoms with van der Waals surface area (Å²) in [6.07, 6.45) is 0.740. The Labute approximate surface area is 98.7 Å². The molecule has 0 saturated heterocycles. The minimum absolute atomic E-state index is 0.654. The van der Waals surface area contributed by atoms with Crippen LogP contribution in [0.4, 0.5) is 0 Å². The molecule has 0 aliphatic carbocycles. The lowest BCUT2D eigenvalue weighted by atomic mass is 9.92. The Morgan fingerprint density at radius 2 is 1.88 bits per heavy atom. The van der Waals surface area contributed by atoms with Crippen LogP contribution >= 0.6 is 0 Å². The van der Waals surface area contributed by atoms with Gasteiger partial charge in [-0.25, -0.2) is 0 Å². The predicted molar refractivity (Wildman–Crippen MR) is 68.3 cm³/mol. The standard InChI is InChI=1S/C14H23NO/c1-12(2)11-15-10-9-14(3,16)13-7-5-4-6-8-13/h4-8,12,15-16H,9-11H2,1-3H3. The minimum atomic E-state index is -0.731. The Morgan fingerprint density at radius 1 is 1.25 bits per heavy atom. The lowest BCUT2D eigenvalue weighted by Crippen LogP contribution is -2.29. The summed E-state index contributed by atoms with van der Waals surface area (Å²) in [4.78, 5) is 0. The molecule has 0 fully saturated rings. The lowest BCUT2D eigenvalue weighted by molar-refractivity contribution is 0.0478. The van der Waals surface area contributed by atoms with Gasteiger partial charge in [0.1, 0.15) is 0 Å². The van der Waals surface area contributed by atoms with Crippen molar-refractivity contribution in [1.82, 2.24) is 5.32 Å². The van der Waals surface area contributed by atoms with Crippen molar-refractivity contribution in [3.63, 3.8) is 0 Å². The van der Waals surface area contributed by atoms with E-state index in [0.717, 1.165) is 25.1 Å². The number of benzene rings is 1. The molecule has 0 radical (unpaired) electrons. The van der Waals surface area contributed by atoms with Crippen molar-refractivity contribution in [2.75, 3.05) is 13.1 Å². The van der Waals surface area contributed by atoms with Crippen LogP contribution in [0.25, 0.3) is 0 Å². The number of hydrogen-bond donors (Lipinski definition) is 2. The zero-order chi connectivity index (χ0) is 12.0. The van der Waals surface area contributed by atoms with Gasteiger partial charge in [0.05, 0.1) is 5.60 Å². The quantitative estimate of drug-likeness (QED) is 0.723. The van der Waals surface area contributed by atoms with Gasteiger partial charge < -0.3 is 10.4 Å². The van der Waals surface area contributed by atoms with E-state index in [1.54, 1.807) is 0 Å². The van der Waals surface area contributed by atoms with E-state index in [1.807, 2.05) is 37.3 Å². The van der Waals surface area contributed by atoms with Gasteiger partial charge in [-0.05, 0) is 37.9 Å². The van der Waals surface area contributed by atoms with E-state index in [-0.39, 0.29) is 0 Å². The van der Waals surface area contributed by atoms with Crippen molar-refractivity contribution in [2.45, 2.75) is 32.8 Å². The van der Waals surface area contributed by atoms with Gasteiger partial charge in [-0.2, -0.15) is 0 Å². The molecule has 0 aliphatic heterocycles. The number of hydrogen-bond acceptors (Lipinski definition) is 2. The Kier molecular flexibility index (Phi) is 4.97. The van der Waals surface area contributed by atoms with Gasteiger partial charge in [0.15, 0.2) is 0 Å². The highest BCUT2D eigenvalue weighted by Crippen LogP contribution is 2.23. The predicted octanol–water partition coefficient (Wildman–Crippen LogP) is 2.53. The van der Waals surface area contributed by atoms with Gasteiger partial charge in [0, 0.05) is 0 Å². The van der Waals surface area contributed by atoms with Gasteiger partial charge in [-0.3, -0.25) is 0 Å². The van der Waals surface area contributed by atoms with Crippen LogP contribution in [0.3, 0.4) is 0 Å². The zero-order valence-electron chi connectivity index (χ0n) is 10.5. The zero-order valence-corrected chi connectivity index (χ0v) is 10.5. The molecule has 1 aromatic carbocycles. The molecule has 0 amide bonds. The van der Waals surface area contributed by atoms with Crippen LogP contribution in [0.1, 0.15) is 32.8 Å². The Bertz CT molecular complexity index is 293. The van der Waals surface area contributed by atoms with Crippen LogP contribution < -0.4 is 5.32 Å².